The van der Waals surface area contributed by atoms with Gasteiger partial charge in [-0.2, -0.15) is 11.3 Å². The van der Waals surface area contributed by atoms with Gasteiger partial charge in [0.25, 0.3) is 5.91 Å². The van der Waals surface area contributed by atoms with Crippen molar-refractivity contribution >= 4 is 22.9 Å². The number of carbonyl (C=O) groups is 1. The van der Waals surface area contributed by atoms with Crippen molar-refractivity contribution in [2.75, 3.05) is 0 Å². The Bertz CT molecular complexity index is 1040. The molecule has 0 bridgehead atoms. The number of nitrogens with zero attached hydrogens (tertiary/aromatic N) is 3. The quantitative estimate of drug-likeness (QED) is 0.612. The lowest BCUT2D eigenvalue weighted by atomic mass is 10.1. The lowest BCUT2D eigenvalue weighted by Crippen LogP contribution is -2.25. The third-order valence-corrected chi connectivity index (χ3v) is 4.73. The number of amides is 1. The van der Waals surface area contributed by atoms with Crippen LogP contribution in [0.2, 0.25) is 0 Å². The number of carbonyl (C=O) groups excluding carboxylic acids is 1. The number of imidazole rings is 1. The minimum atomic E-state index is -0.142. The van der Waals surface area contributed by atoms with Crippen molar-refractivity contribution in [2.45, 2.75) is 13.5 Å². The molecular weight excluding hydrogens is 332 g/mol. The van der Waals surface area contributed by atoms with Crippen LogP contribution in [0.25, 0.3) is 16.9 Å². The molecule has 0 spiro atoms. The van der Waals surface area contributed by atoms with Gasteiger partial charge in [0.05, 0.1) is 11.4 Å². The molecular formula is C19H16N4OS. The molecule has 5 nitrogen and oxygen atoms in total. The summed E-state index contributed by atoms with van der Waals surface area (Å²) in [7, 11) is 0. The Morgan fingerprint density at radius 3 is 3.00 bits per heavy atom. The molecule has 0 atom stereocenters. The van der Waals surface area contributed by atoms with Crippen LogP contribution < -0.4 is 5.32 Å². The number of rotatable bonds is 4. The number of pyridine rings is 2. The second-order valence-corrected chi connectivity index (χ2v) is 6.46. The summed E-state index contributed by atoms with van der Waals surface area (Å²) in [6.07, 6.45) is 3.62. The fourth-order valence-electron chi connectivity index (χ4n) is 2.89. The van der Waals surface area contributed by atoms with Crippen LogP contribution in [-0.2, 0) is 6.54 Å². The maximum Gasteiger partial charge on any atom is 0.270 e. The van der Waals surface area contributed by atoms with Crippen molar-refractivity contribution in [3.63, 3.8) is 0 Å². The number of nitrogens with one attached hydrogen (secondary N) is 1. The van der Waals surface area contributed by atoms with Gasteiger partial charge >= 0.3 is 0 Å². The van der Waals surface area contributed by atoms with Gasteiger partial charge in [-0.3, -0.25) is 14.2 Å². The first-order valence-corrected chi connectivity index (χ1v) is 8.86. The largest absolute Gasteiger partial charge is 0.347 e. The first kappa shape index (κ1) is 15.5. The lowest BCUT2D eigenvalue weighted by Gasteiger charge is -2.09. The Hall–Kier alpha value is -2.99. The van der Waals surface area contributed by atoms with E-state index >= 15 is 0 Å². The summed E-state index contributed by atoms with van der Waals surface area (Å²) in [5.74, 6) is -0.142. The Morgan fingerprint density at radius 2 is 2.16 bits per heavy atom. The van der Waals surface area contributed by atoms with Crippen LogP contribution in [0, 0.1) is 6.92 Å². The first-order valence-electron chi connectivity index (χ1n) is 7.92. The predicted molar refractivity (Wildman–Crippen MR) is 98.6 cm³/mol. The summed E-state index contributed by atoms with van der Waals surface area (Å²) in [5.41, 5.74) is 5.01. The average Bonchev–Trinajstić information content (AvgIpc) is 3.27. The fraction of sp³-hybridized carbons (Fsp3) is 0.105. The van der Waals surface area contributed by atoms with E-state index < -0.39 is 0 Å². The summed E-state index contributed by atoms with van der Waals surface area (Å²) >= 11 is 1.63. The highest BCUT2D eigenvalue weighted by Gasteiger charge is 2.16. The van der Waals surface area contributed by atoms with E-state index in [1.807, 2.05) is 59.3 Å². The highest BCUT2D eigenvalue weighted by molar-refractivity contribution is 7.08. The number of hydrogen-bond donors (Lipinski definition) is 1. The standard InChI is InChI=1S/C19H16N4OS/c1-13-18(23-9-3-2-6-16(23)22-13)19(24)21-11-14-5-4-8-20-17(14)15-7-10-25-12-15/h2-10,12H,11H2,1H3,(H,21,24). The van der Waals surface area contributed by atoms with Gasteiger partial charge in [-0.1, -0.05) is 12.1 Å². The molecule has 0 aromatic carbocycles. The van der Waals surface area contributed by atoms with E-state index in [-0.39, 0.29) is 5.91 Å². The molecule has 1 N–H and O–H groups in total. The lowest BCUT2D eigenvalue weighted by molar-refractivity contribution is 0.0944. The Balaban J connectivity index is 1.60. The van der Waals surface area contributed by atoms with E-state index in [0.29, 0.717) is 17.9 Å². The van der Waals surface area contributed by atoms with Gasteiger partial charge in [0.15, 0.2) is 0 Å². The van der Waals surface area contributed by atoms with Crippen molar-refractivity contribution in [3.8, 4) is 11.3 Å². The Labute approximate surface area is 149 Å². The molecule has 4 rings (SSSR count). The summed E-state index contributed by atoms with van der Waals surface area (Å²) in [5, 5.41) is 7.08. The van der Waals surface area contributed by atoms with Crippen molar-refractivity contribution in [1.82, 2.24) is 19.7 Å². The van der Waals surface area contributed by atoms with Crippen molar-refractivity contribution < 1.29 is 4.79 Å². The van der Waals surface area contributed by atoms with Gasteiger partial charge in [-0.05, 0) is 42.1 Å². The fourth-order valence-corrected chi connectivity index (χ4v) is 3.53. The molecule has 4 heterocycles. The van der Waals surface area contributed by atoms with Crippen LogP contribution in [0.1, 0.15) is 21.7 Å². The maximum atomic E-state index is 12.7. The molecule has 0 saturated heterocycles. The molecule has 6 heteroatoms. The van der Waals surface area contributed by atoms with Gasteiger partial charge in [-0.15, -0.1) is 0 Å². The Morgan fingerprint density at radius 1 is 1.24 bits per heavy atom. The summed E-state index contributed by atoms with van der Waals surface area (Å²) < 4.78 is 1.81. The third-order valence-electron chi connectivity index (χ3n) is 4.04. The summed E-state index contributed by atoms with van der Waals surface area (Å²) in [6.45, 7) is 2.26. The first-order chi connectivity index (χ1) is 12.2. The van der Waals surface area contributed by atoms with E-state index in [9.17, 15) is 4.79 Å². The number of aryl methyl sites for hydroxylation is 1. The van der Waals surface area contributed by atoms with Gasteiger partial charge in [0.2, 0.25) is 0 Å². The van der Waals surface area contributed by atoms with E-state index in [1.54, 1.807) is 17.5 Å². The van der Waals surface area contributed by atoms with Crippen molar-refractivity contribution in [2.24, 2.45) is 0 Å². The van der Waals surface area contributed by atoms with Crippen molar-refractivity contribution in [3.05, 3.63) is 76.5 Å². The zero-order chi connectivity index (χ0) is 17.2. The average molecular weight is 348 g/mol. The molecule has 0 aliphatic carbocycles. The van der Waals surface area contributed by atoms with Gasteiger partial charge in [0, 0.05) is 29.9 Å². The van der Waals surface area contributed by atoms with E-state index in [2.05, 4.69) is 20.7 Å². The molecule has 0 saturated carbocycles. The van der Waals surface area contributed by atoms with E-state index in [0.717, 1.165) is 22.5 Å². The minimum absolute atomic E-state index is 0.142. The normalized spacial score (nSPS) is 10.9. The molecule has 4 aromatic heterocycles. The number of fused-ring (bicyclic) bond motifs is 1. The SMILES string of the molecule is Cc1nc2ccccn2c1C(=O)NCc1cccnc1-c1ccsc1. The monoisotopic (exact) mass is 348 g/mol. The highest BCUT2D eigenvalue weighted by Crippen LogP contribution is 2.23. The van der Waals surface area contributed by atoms with Gasteiger partial charge in [-0.25, -0.2) is 4.98 Å². The maximum absolute atomic E-state index is 12.7. The molecule has 124 valence electrons. The number of hydrogen-bond acceptors (Lipinski definition) is 4. The predicted octanol–water partition coefficient (Wildman–Crippen LogP) is 3.70. The van der Waals surface area contributed by atoms with Crippen LogP contribution in [-0.4, -0.2) is 20.3 Å². The van der Waals surface area contributed by atoms with Crippen LogP contribution >= 0.6 is 11.3 Å². The smallest absolute Gasteiger partial charge is 0.270 e. The molecule has 0 aliphatic rings. The number of aromatic nitrogens is 3. The molecule has 0 fully saturated rings. The molecule has 25 heavy (non-hydrogen) atoms. The second kappa shape index (κ2) is 6.49. The van der Waals surface area contributed by atoms with Crippen LogP contribution in [0.3, 0.4) is 0 Å². The molecule has 1 amide bonds. The van der Waals surface area contributed by atoms with Gasteiger partial charge in [0.1, 0.15) is 11.3 Å². The Kier molecular flexibility index (Phi) is 4.03. The number of thiophene rings is 1. The molecule has 0 radical (unpaired) electrons. The highest BCUT2D eigenvalue weighted by atomic mass is 32.1. The van der Waals surface area contributed by atoms with Crippen LogP contribution in [0.15, 0.2) is 59.6 Å². The second-order valence-electron chi connectivity index (χ2n) is 5.68. The molecule has 4 aromatic rings. The van der Waals surface area contributed by atoms with E-state index in [1.165, 1.54) is 0 Å². The topological polar surface area (TPSA) is 59.3 Å². The zero-order valence-corrected chi connectivity index (χ0v) is 14.5. The van der Waals surface area contributed by atoms with Crippen LogP contribution in [0.5, 0.6) is 0 Å². The summed E-state index contributed by atoms with van der Waals surface area (Å²) in [6, 6.07) is 11.6. The van der Waals surface area contributed by atoms with Crippen LogP contribution in [0.4, 0.5) is 0 Å². The molecule has 0 unspecified atom stereocenters. The zero-order valence-electron chi connectivity index (χ0n) is 13.6. The third kappa shape index (κ3) is 2.92. The molecule has 0 aliphatic heterocycles. The van der Waals surface area contributed by atoms with E-state index in [4.69, 9.17) is 0 Å². The summed E-state index contributed by atoms with van der Waals surface area (Å²) in [4.78, 5) is 21.6. The van der Waals surface area contributed by atoms with Crippen molar-refractivity contribution in [1.29, 1.82) is 0 Å². The van der Waals surface area contributed by atoms with Gasteiger partial charge < -0.3 is 5.32 Å². The minimum Gasteiger partial charge on any atom is -0.347 e.